The minimum absolute atomic E-state index is 0.593. The second-order valence-electron chi connectivity index (χ2n) is 13.2. The highest BCUT2D eigenvalue weighted by atomic mass is 16.3. The Balaban J connectivity index is 1.23. The van der Waals surface area contributed by atoms with Gasteiger partial charge in [0.15, 0.2) is 17.5 Å². The van der Waals surface area contributed by atoms with Crippen LogP contribution in [0.15, 0.2) is 174 Å². The van der Waals surface area contributed by atoms with E-state index in [1.807, 2.05) is 60.7 Å². The first-order chi connectivity index (χ1) is 25.8. The van der Waals surface area contributed by atoms with Gasteiger partial charge in [0.25, 0.3) is 0 Å². The topological polar surface area (TPSA) is 56.7 Å². The quantitative estimate of drug-likeness (QED) is 0.188. The summed E-state index contributed by atoms with van der Waals surface area (Å²) < 4.78 is 8.66. The first-order valence-corrected chi connectivity index (χ1v) is 17.5. The SMILES string of the molecule is c1ccc(-c2nc(-c3ccccc3-n3c4ccc5ccccc5c4c4c5ccccc5ccc43)nc(-c3cccc4oc5ccccc5c34)n2)cc1. The van der Waals surface area contributed by atoms with E-state index in [9.17, 15) is 0 Å². The molecule has 0 N–H and O–H groups in total. The lowest BCUT2D eigenvalue weighted by Gasteiger charge is -2.15. The standard InChI is InChI=1S/C47H28N4O/c1-2-15-31(16-3-1)45-48-46(50-47(49-45)36-21-12-24-41-42(36)35-20-9-11-23-40(35)52-41)34-19-8-10-22-37(34)51-38-27-25-29-13-4-6-17-32(29)43(38)44-33-18-7-5-14-30(33)26-28-39(44)51/h1-28H. The molecule has 11 aromatic rings. The van der Waals surface area contributed by atoms with Gasteiger partial charge in [0.2, 0.25) is 0 Å². The summed E-state index contributed by atoms with van der Waals surface area (Å²) in [6.45, 7) is 0. The maximum atomic E-state index is 6.28. The first kappa shape index (κ1) is 28.7. The summed E-state index contributed by atoms with van der Waals surface area (Å²) in [7, 11) is 0. The van der Waals surface area contributed by atoms with Gasteiger partial charge in [-0.25, -0.2) is 15.0 Å². The minimum Gasteiger partial charge on any atom is -0.456 e. The second-order valence-corrected chi connectivity index (χ2v) is 13.2. The van der Waals surface area contributed by atoms with E-state index < -0.39 is 0 Å². The number of fused-ring (bicyclic) bond motifs is 10. The summed E-state index contributed by atoms with van der Waals surface area (Å²) in [5.74, 6) is 1.80. The lowest BCUT2D eigenvalue weighted by Crippen LogP contribution is -2.03. The van der Waals surface area contributed by atoms with E-state index in [-0.39, 0.29) is 0 Å². The van der Waals surface area contributed by atoms with Gasteiger partial charge in [0.1, 0.15) is 11.2 Å². The number of hydrogen-bond acceptors (Lipinski definition) is 4. The Morgan fingerprint density at radius 2 is 0.904 bits per heavy atom. The molecule has 5 nitrogen and oxygen atoms in total. The Morgan fingerprint density at radius 3 is 1.63 bits per heavy atom. The molecular formula is C47H28N4O. The van der Waals surface area contributed by atoms with Crippen LogP contribution in [-0.4, -0.2) is 19.5 Å². The average Bonchev–Trinajstić information content (AvgIpc) is 3.77. The van der Waals surface area contributed by atoms with Crippen LogP contribution in [0.5, 0.6) is 0 Å². The average molecular weight is 665 g/mol. The molecule has 0 fully saturated rings. The van der Waals surface area contributed by atoms with Crippen molar-refractivity contribution in [2.75, 3.05) is 0 Å². The fourth-order valence-electron chi connectivity index (χ4n) is 7.96. The van der Waals surface area contributed by atoms with Crippen LogP contribution in [0, 0.1) is 0 Å². The van der Waals surface area contributed by atoms with Crippen LogP contribution in [0.4, 0.5) is 0 Å². The molecule has 8 aromatic carbocycles. The molecule has 52 heavy (non-hydrogen) atoms. The van der Waals surface area contributed by atoms with Gasteiger partial charge >= 0.3 is 0 Å². The molecule has 11 rings (SSSR count). The normalized spacial score (nSPS) is 11.8. The summed E-state index contributed by atoms with van der Waals surface area (Å²) in [6.07, 6.45) is 0. The summed E-state index contributed by atoms with van der Waals surface area (Å²) in [4.78, 5) is 15.6. The third-order valence-electron chi connectivity index (χ3n) is 10.2. The van der Waals surface area contributed by atoms with Crippen LogP contribution in [0.1, 0.15) is 0 Å². The van der Waals surface area contributed by atoms with Crippen molar-refractivity contribution in [3.63, 3.8) is 0 Å². The number of nitrogens with zero attached hydrogens (tertiary/aromatic N) is 4. The molecule has 0 radical (unpaired) electrons. The van der Waals surface area contributed by atoms with Gasteiger partial charge < -0.3 is 8.98 Å². The van der Waals surface area contributed by atoms with Crippen molar-refractivity contribution < 1.29 is 4.42 Å². The van der Waals surface area contributed by atoms with Crippen molar-refractivity contribution in [3.05, 3.63) is 170 Å². The maximum Gasteiger partial charge on any atom is 0.166 e. The zero-order chi connectivity index (χ0) is 34.2. The predicted molar refractivity (Wildman–Crippen MR) is 213 cm³/mol. The summed E-state index contributed by atoms with van der Waals surface area (Å²) in [6, 6.07) is 59.1. The van der Waals surface area contributed by atoms with Gasteiger partial charge in [0, 0.05) is 38.2 Å². The van der Waals surface area contributed by atoms with E-state index in [0.29, 0.717) is 17.5 Å². The van der Waals surface area contributed by atoms with Crippen LogP contribution in [0.2, 0.25) is 0 Å². The Morgan fingerprint density at radius 1 is 0.365 bits per heavy atom. The van der Waals surface area contributed by atoms with Crippen LogP contribution in [0.25, 0.3) is 105 Å². The smallest absolute Gasteiger partial charge is 0.166 e. The van der Waals surface area contributed by atoms with Crippen molar-refractivity contribution in [3.8, 4) is 39.9 Å². The number of furan rings is 1. The first-order valence-electron chi connectivity index (χ1n) is 17.5. The van der Waals surface area contributed by atoms with E-state index in [4.69, 9.17) is 19.4 Å². The van der Waals surface area contributed by atoms with Gasteiger partial charge in [-0.05, 0) is 57.9 Å². The highest BCUT2D eigenvalue weighted by molar-refractivity contribution is 6.28. The zero-order valence-corrected chi connectivity index (χ0v) is 27.9. The molecule has 0 bridgehead atoms. The fraction of sp³-hybridized carbons (Fsp3) is 0. The van der Waals surface area contributed by atoms with Gasteiger partial charge in [-0.15, -0.1) is 0 Å². The minimum atomic E-state index is 0.593. The summed E-state index contributed by atoms with van der Waals surface area (Å²) in [5, 5.41) is 9.37. The Hall–Kier alpha value is -7.11. The molecule has 0 atom stereocenters. The van der Waals surface area contributed by atoms with E-state index in [1.165, 1.54) is 32.3 Å². The Labute approximate surface area is 298 Å². The number of benzene rings is 8. The van der Waals surface area contributed by atoms with Crippen LogP contribution in [0.3, 0.4) is 0 Å². The van der Waals surface area contributed by atoms with E-state index in [1.54, 1.807) is 0 Å². The fourth-order valence-corrected chi connectivity index (χ4v) is 7.96. The number of hydrogen-bond donors (Lipinski definition) is 0. The molecule has 5 heteroatoms. The molecule has 0 aliphatic carbocycles. The molecule has 3 aromatic heterocycles. The van der Waals surface area contributed by atoms with Crippen molar-refractivity contribution in [1.29, 1.82) is 0 Å². The second kappa shape index (κ2) is 11.2. The lowest BCUT2D eigenvalue weighted by atomic mass is 10.00. The number of para-hydroxylation sites is 2. The molecular weight excluding hydrogens is 637 g/mol. The monoisotopic (exact) mass is 664 g/mol. The molecule has 242 valence electrons. The van der Waals surface area contributed by atoms with E-state index in [0.717, 1.165) is 55.3 Å². The Bertz CT molecular complexity index is 3100. The molecule has 3 heterocycles. The highest BCUT2D eigenvalue weighted by Crippen LogP contribution is 2.42. The van der Waals surface area contributed by atoms with Crippen molar-refractivity contribution in [2.24, 2.45) is 0 Å². The predicted octanol–water partition coefficient (Wildman–Crippen LogP) is 12.2. The molecule has 0 aliphatic rings. The van der Waals surface area contributed by atoms with Gasteiger partial charge in [-0.1, -0.05) is 133 Å². The van der Waals surface area contributed by atoms with Gasteiger partial charge in [-0.3, -0.25) is 0 Å². The van der Waals surface area contributed by atoms with Gasteiger partial charge in [0.05, 0.1) is 16.7 Å². The maximum absolute atomic E-state index is 6.28. The van der Waals surface area contributed by atoms with E-state index in [2.05, 4.69) is 114 Å². The van der Waals surface area contributed by atoms with Crippen LogP contribution >= 0.6 is 0 Å². The van der Waals surface area contributed by atoms with E-state index >= 15 is 0 Å². The van der Waals surface area contributed by atoms with Crippen LogP contribution < -0.4 is 0 Å². The largest absolute Gasteiger partial charge is 0.456 e. The van der Waals surface area contributed by atoms with Crippen molar-refractivity contribution >= 4 is 65.3 Å². The molecule has 0 saturated heterocycles. The summed E-state index contributed by atoms with van der Waals surface area (Å²) in [5.41, 5.74) is 7.61. The van der Waals surface area contributed by atoms with Crippen molar-refractivity contribution in [2.45, 2.75) is 0 Å². The van der Waals surface area contributed by atoms with Gasteiger partial charge in [-0.2, -0.15) is 0 Å². The molecule has 0 unspecified atom stereocenters. The zero-order valence-electron chi connectivity index (χ0n) is 27.9. The third kappa shape index (κ3) is 4.26. The third-order valence-corrected chi connectivity index (χ3v) is 10.2. The number of aromatic nitrogens is 4. The highest BCUT2D eigenvalue weighted by Gasteiger charge is 2.22. The summed E-state index contributed by atoms with van der Waals surface area (Å²) >= 11 is 0. The molecule has 0 aliphatic heterocycles. The molecule has 0 amide bonds. The van der Waals surface area contributed by atoms with Crippen LogP contribution in [-0.2, 0) is 0 Å². The molecule has 0 spiro atoms. The number of rotatable bonds is 4. The lowest BCUT2D eigenvalue weighted by molar-refractivity contribution is 0.669. The molecule has 0 saturated carbocycles. The van der Waals surface area contributed by atoms with Crippen molar-refractivity contribution in [1.82, 2.24) is 19.5 Å². The Kier molecular flexibility index (Phi) is 6.18.